The summed E-state index contributed by atoms with van der Waals surface area (Å²) in [6.07, 6.45) is 3.68. The summed E-state index contributed by atoms with van der Waals surface area (Å²) < 4.78 is 20.9. The second-order valence-electron chi connectivity index (χ2n) is 6.11. The molecule has 0 aliphatic carbocycles. The highest BCUT2D eigenvalue weighted by molar-refractivity contribution is 5.66. The fourth-order valence-electron chi connectivity index (χ4n) is 2.64. The second kappa shape index (κ2) is 7.90. The van der Waals surface area contributed by atoms with Gasteiger partial charge >= 0.3 is 5.97 Å². The van der Waals surface area contributed by atoms with Gasteiger partial charge < -0.3 is 20.5 Å². The molecule has 0 unspecified atom stereocenters. The van der Waals surface area contributed by atoms with Crippen LogP contribution in [0.15, 0.2) is 36.7 Å². The predicted molar refractivity (Wildman–Crippen MR) is 98.3 cm³/mol. The molecular weight excluding hydrogens is 353 g/mol. The predicted octanol–water partition coefficient (Wildman–Crippen LogP) is 2.33. The third kappa shape index (κ3) is 4.43. The fourth-order valence-corrected chi connectivity index (χ4v) is 2.64. The lowest BCUT2D eigenvalue weighted by Gasteiger charge is -2.20. The van der Waals surface area contributed by atoms with Crippen molar-refractivity contribution in [3.05, 3.63) is 48.0 Å². The van der Waals surface area contributed by atoms with Crippen LogP contribution in [0.1, 0.15) is 18.4 Å². The number of halogens is 1. The van der Waals surface area contributed by atoms with E-state index in [1.807, 2.05) is 11.9 Å². The zero-order valence-corrected chi connectivity index (χ0v) is 14.8. The van der Waals surface area contributed by atoms with Gasteiger partial charge in [-0.3, -0.25) is 4.79 Å². The molecule has 8 nitrogen and oxygen atoms in total. The molecule has 9 heteroatoms. The Bertz CT molecular complexity index is 959. The molecule has 3 rings (SSSR count). The van der Waals surface area contributed by atoms with E-state index in [2.05, 4.69) is 10.1 Å². The van der Waals surface area contributed by atoms with Crippen LogP contribution < -0.4 is 15.4 Å². The van der Waals surface area contributed by atoms with Crippen LogP contribution in [0.5, 0.6) is 5.75 Å². The minimum atomic E-state index is -0.877. The van der Waals surface area contributed by atoms with Crippen LogP contribution >= 0.6 is 0 Å². The number of ether oxygens (including phenoxy) is 1. The number of carboxylic acid groups (broad SMARTS) is 1. The third-order valence-electron chi connectivity index (χ3n) is 4.00. The number of aliphatic carboxylic acids is 1. The van der Waals surface area contributed by atoms with Crippen molar-refractivity contribution in [1.29, 1.82) is 0 Å². The van der Waals surface area contributed by atoms with Crippen LogP contribution in [-0.4, -0.2) is 39.3 Å². The lowest BCUT2D eigenvalue weighted by molar-refractivity contribution is -0.137. The lowest BCUT2D eigenvalue weighted by atomic mass is 10.2. The van der Waals surface area contributed by atoms with Crippen LogP contribution in [0.25, 0.3) is 5.65 Å². The first-order valence-corrected chi connectivity index (χ1v) is 8.38. The van der Waals surface area contributed by atoms with Gasteiger partial charge in [-0.25, -0.2) is 13.9 Å². The van der Waals surface area contributed by atoms with E-state index in [-0.39, 0.29) is 18.8 Å². The molecule has 3 aromatic rings. The summed E-state index contributed by atoms with van der Waals surface area (Å²) in [4.78, 5) is 16.9. The zero-order chi connectivity index (χ0) is 19.4. The molecule has 0 aliphatic heterocycles. The number of carbonyl (C=O) groups is 1. The number of fused-ring (bicyclic) bond motifs is 1. The van der Waals surface area contributed by atoms with E-state index in [9.17, 15) is 9.18 Å². The second-order valence-corrected chi connectivity index (χ2v) is 6.11. The summed E-state index contributed by atoms with van der Waals surface area (Å²) in [6.45, 7) is 0.592. The molecule has 0 amide bonds. The van der Waals surface area contributed by atoms with Crippen molar-refractivity contribution in [1.82, 2.24) is 14.6 Å². The van der Waals surface area contributed by atoms with Crippen molar-refractivity contribution < 1.29 is 19.0 Å². The van der Waals surface area contributed by atoms with E-state index < -0.39 is 5.97 Å². The third-order valence-corrected chi connectivity index (χ3v) is 4.00. The molecule has 0 spiro atoms. The summed E-state index contributed by atoms with van der Waals surface area (Å²) in [5.74, 6) is -0.0904. The minimum Gasteiger partial charge on any atom is -0.493 e. The monoisotopic (exact) mass is 373 g/mol. The van der Waals surface area contributed by atoms with Crippen molar-refractivity contribution >= 4 is 23.1 Å². The van der Waals surface area contributed by atoms with Gasteiger partial charge in [-0.05, 0) is 30.7 Å². The average molecular weight is 373 g/mol. The van der Waals surface area contributed by atoms with Gasteiger partial charge in [-0.1, -0.05) is 0 Å². The molecular formula is C18H20FN5O3. The number of nitrogen functional groups attached to an aromatic ring is 1. The molecule has 27 heavy (non-hydrogen) atoms. The van der Waals surface area contributed by atoms with E-state index in [1.54, 1.807) is 22.8 Å². The zero-order valence-electron chi connectivity index (χ0n) is 14.8. The van der Waals surface area contributed by atoms with Crippen LogP contribution in [0.2, 0.25) is 0 Å². The van der Waals surface area contributed by atoms with E-state index >= 15 is 0 Å². The van der Waals surface area contributed by atoms with Gasteiger partial charge in [0.15, 0.2) is 5.65 Å². The molecule has 0 atom stereocenters. The largest absolute Gasteiger partial charge is 0.493 e. The maximum absolute atomic E-state index is 13.7. The van der Waals surface area contributed by atoms with Crippen molar-refractivity contribution in [3.8, 4) is 5.75 Å². The first-order chi connectivity index (χ1) is 12.9. The number of anilines is 2. The summed E-state index contributed by atoms with van der Waals surface area (Å²) >= 11 is 0. The number of aromatic nitrogens is 3. The number of nitrogens with zero attached hydrogens (tertiary/aromatic N) is 4. The Morgan fingerprint density at radius 3 is 3.00 bits per heavy atom. The van der Waals surface area contributed by atoms with Crippen molar-refractivity contribution in [2.75, 3.05) is 24.3 Å². The molecule has 1 aromatic carbocycles. The number of benzene rings is 1. The number of carboxylic acids is 1. The summed E-state index contributed by atoms with van der Waals surface area (Å²) in [5.41, 5.74) is 7.51. The van der Waals surface area contributed by atoms with E-state index in [4.69, 9.17) is 15.6 Å². The maximum atomic E-state index is 13.7. The Morgan fingerprint density at radius 2 is 2.22 bits per heavy atom. The Balaban J connectivity index is 1.75. The first kappa shape index (κ1) is 18.4. The summed E-state index contributed by atoms with van der Waals surface area (Å²) in [5, 5.41) is 12.8. The van der Waals surface area contributed by atoms with E-state index in [0.717, 1.165) is 0 Å². The molecule has 142 valence electrons. The molecule has 2 heterocycles. The first-order valence-electron chi connectivity index (χ1n) is 8.38. The Kier molecular flexibility index (Phi) is 5.39. The molecule has 0 saturated carbocycles. The molecule has 2 aromatic heterocycles. The normalized spacial score (nSPS) is 10.9. The highest BCUT2D eigenvalue weighted by Crippen LogP contribution is 2.24. The van der Waals surface area contributed by atoms with Crippen LogP contribution in [-0.2, 0) is 11.3 Å². The van der Waals surface area contributed by atoms with Gasteiger partial charge in [0.1, 0.15) is 17.4 Å². The molecule has 0 fully saturated rings. The van der Waals surface area contributed by atoms with E-state index in [1.165, 1.54) is 18.3 Å². The van der Waals surface area contributed by atoms with Gasteiger partial charge in [0.05, 0.1) is 18.5 Å². The quantitative estimate of drug-likeness (QED) is 0.584. The van der Waals surface area contributed by atoms with Gasteiger partial charge in [-0.15, -0.1) is 0 Å². The van der Waals surface area contributed by atoms with Crippen LogP contribution in [0, 0.1) is 5.82 Å². The van der Waals surface area contributed by atoms with Crippen LogP contribution in [0.3, 0.4) is 0 Å². The number of rotatable bonds is 8. The Hall–Kier alpha value is -3.36. The minimum absolute atomic E-state index is 0.0210. The SMILES string of the molecule is CN(Cc1cc(F)ccc1OCCCC(=O)O)c1ccn2ncc(N)c2n1. The van der Waals surface area contributed by atoms with Gasteiger partial charge in [0.25, 0.3) is 0 Å². The van der Waals surface area contributed by atoms with Crippen molar-refractivity contribution in [2.24, 2.45) is 0 Å². The van der Waals surface area contributed by atoms with Crippen molar-refractivity contribution in [2.45, 2.75) is 19.4 Å². The topological polar surface area (TPSA) is 106 Å². The lowest BCUT2D eigenvalue weighted by Crippen LogP contribution is -2.19. The van der Waals surface area contributed by atoms with Gasteiger partial charge in [-0.2, -0.15) is 5.10 Å². The van der Waals surface area contributed by atoms with Gasteiger partial charge in [0.2, 0.25) is 0 Å². The molecule has 0 saturated heterocycles. The average Bonchev–Trinajstić information content (AvgIpc) is 3.00. The summed E-state index contributed by atoms with van der Waals surface area (Å²) in [6, 6.07) is 6.04. The Labute approximate surface area is 155 Å². The molecule has 0 bridgehead atoms. The fraction of sp³-hybridized carbons (Fsp3) is 0.278. The van der Waals surface area contributed by atoms with Crippen molar-refractivity contribution in [3.63, 3.8) is 0 Å². The molecule has 3 N–H and O–H groups in total. The number of hydrogen-bond acceptors (Lipinski definition) is 6. The highest BCUT2D eigenvalue weighted by Gasteiger charge is 2.12. The van der Waals surface area contributed by atoms with Crippen LogP contribution in [0.4, 0.5) is 15.9 Å². The van der Waals surface area contributed by atoms with Gasteiger partial charge in [0, 0.05) is 31.8 Å². The smallest absolute Gasteiger partial charge is 0.303 e. The Morgan fingerprint density at radius 1 is 1.41 bits per heavy atom. The number of nitrogens with two attached hydrogens (primary N) is 1. The standard InChI is InChI=1S/C18H20FN5O3/c1-23(16-6-7-24-18(22-16)14(20)10-21-24)11-12-9-13(19)4-5-15(12)27-8-2-3-17(25)26/h4-7,9-10H,2-3,8,11,20H2,1H3,(H,25,26). The number of hydrogen-bond donors (Lipinski definition) is 2. The van der Waals surface area contributed by atoms with E-state index in [0.29, 0.717) is 41.4 Å². The molecule has 0 radical (unpaired) electrons. The molecule has 0 aliphatic rings. The highest BCUT2D eigenvalue weighted by atomic mass is 19.1. The maximum Gasteiger partial charge on any atom is 0.303 e. The summed E-state index contributed by atoms with van der Waals surface area (Å²) in [7, 11) is 1.82.